The number of urea groups is 1. The third-order valence-electron chi connectivity index (χ3n) is 1.83. The number of nitrogens with one attached hydrogen (secondary N) is 2. The summed E-state index contributed by atoms with van der Waals surface area (Å²) in [7, 11) is 0. The molecule has 1 aromatic rings. The predicted octanol–water partition coefficient (Wildman–Crippen LogP) is 1.68. The molecular formula is C12H13IN2O3. The van der Waals surface area contributed by atoms with Crippen LogP contribution in [-0.4, -0.2) is 25.1 Å². The summed E-state index contributed by atoms with van der Waals surface area (Å²) in [6, 6.07) is 6.71. The fourth-order valence-electron chi connectivity index (χ4n) is 1.08. The van der Waals surface area contributed by atoms with Crippen LogP contribution < -0.4 is 15.4 Å². The van der Waals surface area contributed by atoms with E-state index < -0.39 is 11.9 Å². The van der Waals surface area contributed by atoms with Crippen LogP contribution in [0.15, 0.2) is 36.9 Å². The van der Waals surface area contributed by atoms with Crippen molar-refractivity contribution in [3.8, 4) is 5.75 Å². The highest BCUT2D eigenvalue weighted by Gasteiger charge is 2.07. The molecule has 6 heteroatoms. The first-order valence-electron chi connectivity index (χ1n) is 5.19. The van der Waals surface area contributed by atoms with Gasteiger partial charge in [0, 0.05) is 10.1 Å². The zero-order chi connectivity index (χ0) is 13.4. The van der Waals surface area contributed by atoms with Crippen molar-refractivity contribution in [2.75, 3.05) is 13.2 Å². The van der Waals surface area contributed by atoms with Crippen LogP contribution in [0.1, 0.15) is 0 Å². The Morgan fingerprint density at radius 3 is 2.89 bits per heavy atom. The molecule has 0 heterocycles. The molecule has 3 amide bonds. The Morgan fingerprint density at radius 1 is 1.44 bits per heavy atom. The van der Waals surface area contributed by atoms with Crippen molar-refractivity contribution in [2.45, 2.75) is 0 Å². The van der Waals surface area contributed by atoms with Crippen molar-refractivity contribution in [2.24, 2.45) is 0 Å². The van der Waals surface area contributed by atoms with Crippen molar-refractivity contribution < 1.29 is 14.3 Å². The zero-order valence-corrected chi connectivity index (χ0v) is 11.8. The standard InChI is InChI=1S/C12H13IN2O3/c1-2-6-14-12(17)15-11(16)8-18-10-5-3-4-9(13)7-10/h2-5,7H,1,6,8H2,(H2,14,15,16,17). The zero-order valence-electron chi connectivity index (χ0n) is 9.61. The second kappa shape index (κ2) is 7.70. The second-order valence-electron chi connectivity index (χ2n) is 3.29. The Hall–Kier alpha value is -1.57. The molecule has 1 rings (SSSR count). The van der Waals surface area contributed by atoms with E-state index in [4.69, 9.17) is 4.74 Å². The predicted molar refractivity (Wildman–Crippen MR) is 76.4 cm³/mol. The molecule has 1 aromatic carbocycles. The van der Waals surface area contributed by atoms with E-state index in [1.165, 1.54) is 6.08 Å². The highest BCUT2D eigenvalue weighted by molar-refractivity contribution is 14.1. The van der Waals surface area contributed by atoms with Gasteiger partial charge in [-0.1, -0.05) is 12.1 Å². The molecule has 96 valence electrons. The van der Waals surface area contributed by atoms with Gasteiger partial charge in [-0.15, -0.1) is 6.58 Å². The van der Waals surface area contributed by atoms with Gasteiger partial charge in [0.2, 0.25) is 0 Å². The van der Waals surface area contributed by atoms with Gasteiger partial charge in [0.1, 0.15) is 5.75 Å². The van der Waals surface area contributed by atoms with Crippen molar-refractivity contribution in [1.29, 1.82) is 0 Å². The fourth-order valence-corrected chi connectivity index (χ4v) is 1.59. The Balaban J connectivity index is 2.33. The molecule has 18 heavy (non-hydrogen) atoms. The van der Waals surface area contributed by atoms with E-state index >= 15 is 0 Å². The Kier molecular flexibility index (Phi) is 6.20. The van der Waals surface area contributed by atoms with Gasteiger partial charge in [0.25, 0.3) is 5.91 Å². The average molecular weight is 360 g/mol. The Labute approximate surface area is 119 Å². The molecule has 0 unspecified atom stereocenters. The van der Waals surface area contributed by atoms with E-state index in [0.717, 1.165) is 3.57 Å². The van der Waals surface area contributed by atoms with Gasteiger partial charge in [-0.2, -0.15) is 0 Å². The molecule has 0 aliphatic carbocycles. The summed E-state index contributed by atoms with van der Waals surface area (Å²) in [6.07, 6.45) is 1.52. The first-order valence-corrected chi connectivity index (χ1v) is 6.26. The number of hydrogen-bond donors (Lipinski definition) is 2. The summed E-state index contributed by atoms with van der Waals surface area (Å²) >= 11 is 2.14. The van der Waals surface area contributed by atoms with Crippen molar-refractivity contribution in [1.82, 2.24) is 10.6 Å². The van der Waals surface area contributed by atoms with Crippen LogP contribution in [0.3, 0.4) is 0 Å². The number of hydrogen-bond acceptors (Lipinski definition) is 3. The highest BCUT2D eigenvalue weighted by Crippen LogP contribution is 2.14. The normalized spacial score (nSPS) is 9.39. The summed E-state index contributed by atoms with van der Waals surface area (Å²) in [5.41, 5.74) is 0. The molecule has 0 aliphatic rings. The topological polar surface area (TPSA) is 67.4 Å². The maximum atomic E-state index is 11.4. The molecule has 0 fully saturated rings. The van der Waals surface area contributed by atoms with E-state index in [0.29, 0.717) is 12.3 Å². The minimum Gasteiger partial charge on any atom is -0.484 e. The smallest absolute Gasteiger partial charge is 0.321 e. The minimum absolute atomic E-state index is 0.207. The number of halogens is 1. The summed E-state index contributed by atoms with van der Waals surface area (Å²) in [4.78, 5) is 22.5. The van der Waals surface area contributed by atoms with E-state index in [1.807, 2.05) is 12.1 Å². The monoisotopic (exact) mass is 360 g/mol. The van der Waals surface area contributed by atoms with Crippen molar-refractivity contribution in [3.05, 3.63) is 40.5 Å². The first-order chi connectivity index (χ1) is 8.61. The van der Waals surface area contributed by atoms with E-state index in [-0.39, 0.29) is 6.61 Å². The van der Waals surface area contributed by atoms with Gasteiger partial charge < -0.3 is 10.1 Å². The largest absolute Gasteiger partial charge is 0.484 e. The fraction of sp³-hybridized carbons (Fsp3) is 0.167. The van der Waals surface area contributed by atoms with Crippen LogP contribution in [0.4, 0.5) is 4.79 Å². The molecular weight excluding hydrogens is 347 g/mol. The van der Waals surface area contributed by atoms with Gasteiger partial charge in [-0.05, 0) is 40.8 Å². The minimum atomic E-state index is -0.564. The third kappa shape index (κ3) is 5.67. The summed E-state index contributed by atoms with van der Waals surface area (Å²) < 4.78 is 6.25. The molecule has 0 saturated carbocycles. The molecule has 0 aromatic heterocycles. The van der Waals surface area contributed by atoms with E-state index in [9.17, 15) is 9.59 Å². The lowest BCUT2D eigenvalue weighted by atomic mass is 10.3. The first kappa shape index (κ1) is 14.5. The summed E-state index contributed by atoms with van der Waals surface area (Å²) in [6.45, 7) is 3.54. The number of carbonyl (C=O) groups excluding carboxylic acids is 2. The molecule has 0 atom stereocenters. The van der Waals surface area contributed by atoms with E-state index in [2.05, 4.69) is 39.8 Å². The number of carbonyl (C=O) groups is 2. The van der Waals surface area contributed by atoms with Crippen LogP contribution in [0.5, 0.6) is 5.75 Å². The quantitative estimate of drug-likeness (QED) is 0.620. The average Bonchev–Trinajstić information content (AvgIpc) is 2.34. The van der Waals surface area contributed by atoms with E-state index in [1.54, 1.807) is 12.1 Å². The van der Waals surface area contributed by atoms with Crippen molar-refractivity contribution >= 4 is 34.5 Å². The van der Waals surface area contributed by atoms with Gasteiger partial charge >= 0.3 is 6.03 Å². The number of rotatable bonds is 5. The lowest BCUT2D eigenvalue weighted by Gasteiger charge is -2.07. The summed E-state index contributed by atoms with van der Waals surface area (Å²) in [5, 5.41) is 4.56. The number of amides is 3. The molecule has 5 nitrogen and oxygen atoms in total. The van der Waals surface area contributed by atoms with Gasteiger partial charge in [0.05, 0.1) is 0 Å². The number of benzene rings is 1. The lowest BCUT2D eigenvalue weighted by molar-refractivity contribution is -0.122. The van der Waals surface area contributed by atoms with Gasteiger partial charge in [-0.3, -0.25) is 10.1 Å². The molecule has 0 aliphatic heterocycles. The second-order valence-corrected chi connectivity index (χ2v) is 4.54. The number of ether oxygens (including phenoxy) is 1. The SMILES string of the molecule is C=CCNC(=O)NC(=O)COc1cccc(I)c1. The molecule has 0 radical (unpaired) electrons. The van der Waals surface area contributed by atoms with Crippen LogP contribution in [0.25, 0.3) is 0 Å². The van der Waals surface area contributed by atoms with Crippen LogP contribution in [0.2, 0.25) is 0 Å². The molecule has 0 spiro atoms. The van der Waals surface area contributed by atoms with Crippen LogP contribution in [0, 0.1) is 3.57 Å². The van der Waals surface area contributed by atoms with Gasteiger partial charge in [-0.25, -0.2) is 4.79 Å². The lowest BCUT2D eigenvalue weighted by Crippen LogP contribution is -2.41. The van der Waals surface area contributed by atoms with Crippen LogP contribution >= 0.6 is 22.6 Å². The van der Waals surface area contributed by atoms with Gasteiger partial charge in [0.15, 0.2) is 6.61 Å². The maximum Gasteiger partial charge on any atom is 0.321 e. The highest BCUT2D eigenvalue weighted by atomic mass is 127. The maximum absolute atomic E-state index is 11.4. The van der Waals surface area contributed by atoms with Crippen molar-refractivity contribution in [3.63, 3.8) is 0 Å². The third-order valence-corrected chi connectivity index (χ3v) is 2.50. The molecule has 0 saturated heterocycles. The Bertz CT molecular complexity index is 449. The van der Waals surface area contributed by atoms with Crippen LogP contribution in [-0.2, 0) is 4.79 Å². The number of imide groups is 1. The molecule has 2 N–H and O–H groups in total. The Morgan fingerprint density at radius 2 is 2.22 bits per heavy atom. The summed E-state index contributed by atoms with van der Waals surface area (Å²) in [5.74, 6) is 0.0824. The molecule has 0 bridgehead atoms.